The van der Waals surface area contributed by atoms with Gasteiger partial charge in [-0.25, -0.2) is 0 Å². The van der Waals surface area contributed by atoms with Crippen molar-refractivity contribution in [1.82, 2.24) is 5.32 Å². The minimum atomic E-state index is -0.521. The zero-order chi connectivity index (χ0) is 16.7. The number of amides is 1. The van der Waals surface area contributed by atoms with Crippen molar-refractivity contribution in [2.75, 3.05) is 13.7 Å². The highest BCUT2D eigenvalue weighted by molar-refractivity contribution is 5.80. The van der Waals surface area contributed by atoms with Crippen LogP contribution in [0.25, 0.3) is 0 Å². The van der Waals surface area contributed by atoms with Crippen LogP contribution >= 0.6 is 0 Å². The van der Waals surface area contributed by atoms with Crippen LogP contribution in [0.3, 0.4) is 0 Å². The van der Waals surface area contributed by atoms with Crippen LogP contribution in [0.15, 0.2) is 48.5 Å². The first-order valence-corrected chi connectivity index (χ1v) is 7.73. The van der Waals surface area contributed by atoms with E-state index in [-0.39, 0.29) is 5.91 Å². The van der Waals surface area contributed by atoms with Crippen LogP contribution in [-0.2, 0) is 11.2 Å². The van der Waals surface area contributed by atoms with Gasteiger partial charge < -0.3 is 14.8 Å². The van der Waals surface area contributed by atoms with E-state index in [2.05, 4.69) is 5.32 Å². The first-order valence-electron chi connectivity index (χ1n) is 7.73. The lowest BCUT2D eigenvalue weighted by molar-refractivity contribution is -0.127. The van der Waals surface area contributed by atoms with E-state index >= 15 is 0 Å². The molecule has 23 heavy (non-hydrogen) atoms. The van der Waals surface area contributed by atoms with Crippen molar-refractivity contribution >= 4 is 5.91 Å². The summed E-state index contributed by atoms with van der Waals surface area (Å²) in [7, 11) is 1.64. The van der Waals surface area contributed by atoms with Gasteiger partial charge in [-0.3, -0.25) is 4.79 Å². The molecule has 1 N–H and O–H groups in total. The van der Waals surface area contributed by atoms with Crippen molar-refractivity contribution in [3.8, 4) is 11.5 Å². The van der Waals surface area contributed by atoms with E-state index in [1.807, 2.05) is 55.5 Å². The van der Waals surface area contributed by atoms with Gasteiger partial charge in [0.2, 0.25) is 0 Å². The van der Waals surface area contributed by atoms with Crippen molar-refractivity contribution < 1.29 is 14.3 Å². The molecular weight excluding hydrogens is 290 g/mol. The monoisotopic (exact) mass is 313 g/mol. The highest BCUT2D eigenvalue weighted by Gasteiger charge is 2.14. The standard InChI is InChI=1S/C19H23NO3/c1-14-6-4-5-7-18(14)23-15(2)19(21)20-13-12-16-8-10-17(22-3)11-9-16/h4-11,15H,12-13H2,1-3H3,(H,20,21)/t15-/m0/s1. The summed E-state index contributed by atoms with van der Waals surface area (Å²) in [6.45, 7) is 4.30. The van der Waals surface area contributed by atoms with Crippen molar-refractivity contribution in [1.29, 1.82) is 0 Å². The lowest BCUT2D eigenvalue weighted by atomic mass is 10.1. The van der Waals surface area contributed by atoms with E-state index in [0.717, 1.165) is 29.0 Å². The summed E-state index contributed by atoms with van der Waals surface area (Å²) in [5, 5.41) is 2.90. The highest BCUT2D eigenvalue weighted by Crippen LogP contribution is 2.17. The van der Waals surface area contributed by atoms with Crippen LogP contribution in [0.4, 0.5) is 0 Å². The summed E-state index contributed by atoms with van der Waals surface area (Å²) < 4.78 is 10.8. The number of rotatable bonds is 7. The van der Waals surface area contributed by atoms with Crippen LogP contribution in [0.2, 0.25) is 0 Å². The van der Waals surface area contributed by atoms with Gasteiger partial charge in [0.15, 0.2) is 6.10 Å². The lowest BCUT2D eigenvalue weighted by Crippen LogP contribution is -2.37. The SMILES string of the molecule is COc1ccc(CCNC(=O)[C@H](C)Oc2ccccc2C)cc1. The van der Waals surface area contributed by atoms with Gasteiger partial charge in [-0.2, -0.15) is 0 Å². The van der Waals surface area contributed by atoms with Gasteiger partial charge in [0.1, 0.15) is 11.5 Å². The van der Waals surface area contributed by atoms with E-state index in [0.29, 0.717) is 6.54 Å². The van der Waals surface area contributed by atoms with Gasteiger partial charge in [0.05, 0.1) is 7.11 Å². The first-order chi connectivity index (χ1) is 11.1. The largest absolute Gasteiger partial charge is 0.497 e. The predicted octanol–water partition coefficient (Wildman–Crippen LogP) is 3.13. The van der Waals surface area contributed by atoms with Crippen molar-refractivity contribution in [2.24, 2.45) is 0 Å². The van der Waals surface area contributed by atoms with Gasteiger partial charge >= 0.3 is 0 Å². The second-order valence-electron chi connectivity index (χ2n) is 5.41. The molecule has 2 aromatic carbocycles. The Kier molecular flexibility index (Phi) is 6.03. The lowest BCUT2D eigenvalue weighted by Gasteiger charge is -2.16. The quantitative estimate of drug-likeness (QED) is 0.854. The second kappa shape index (κ2) is 8.22. The Morgan fingerprint density at radius 3 is 2.48 bits per heavy atom. The van der Waals surface area contributed by atoms with Gasteiger partial charge in [0.25, 0.3) is 5.91 Å². The van der Waals surface area contributed by atoms with E-state index in [9.17, 15) is 4.79 Å². The highest BCUT2D eigenvalue weighted by atomic mass is 16.5. The van der Waals surface area contributed by atoms with Gasteiger partial charge in [-0.05, 0) is 49.6 Å². The summed E-state index contributed by atoms with van der Waals surface area (Å²) in [6.07, 6.45) is 0.249. The molecule has 4 heteroatoms. The number of hydrogen-bond acceptors (Lipinski definition) is 3. The molecule has 0 saturated heterocycles. The number of carbonyl (C=O) groups is 1. The van der Waals surface area contributed by atoms with E-state index in [1.54, 1.807) is 14.0 Å². The molecule has 1 atom stereocenters. The second-order valence-corrected chi connectivity index (χ2v) is 5.41. The molecule has 0 unspecified atom stereocenters. The molecule has 0 radical (unpaired) electrons. The molecule has 122 valence electrons. The molecule has 0 aromatic heterocycles. The topological polar surface area (TPSA) is 47.6 Å². The molecule has 4 nitrogen and oxygen atoms in total. The molecule has 0 saturated carbocycles. The number of nitrogens with one attached hydrogen (secondary N) is 1. The Morgan fingerprint density at radius 2 is 1.83 bits per heavy atom. The fraction of sp³-hybridized carbons (Fsp3) is 0.316. The fourth-order valence-corrected chi connectivity index (χ4v) is 2.20. The number of benzene rings is 2. The molecule has 0 bridgehead atoms. The molecule has 2 aromatic rings. The van der Waals surface area contributed by atoms with Crippen LogP contribution in [0.5, 0.6) is 11.5 Å². The Bertz CT molecular complexity index is 637. The zero-order valence-corrected chi connectivity index (χ0v) is 13.8. The van der Waals surface area contributed by atoms with E-state index in [1.165, 1.54) is 0 Å². The van der Waals surface area contributed by atoms with Crippen LogP contribution in [0, 0.1) is 6.92 Å². The molecule has 0 aliphatic carbocycles. The predicted molar refractivity (Wildman–Crippen MR) is 91.0 cm³/mol. The van der Waals surface area contributed by atoms with E-state index in [4.69, 9.17) is 9.47 Å². The maximum Gasteiger partial charge on any atom is 0.260 e. The third-order valence-electron chi connectivity index (χ3n) is 3.64. The summed E-state index contributed by atoms with van der Waals surface area (Å²) in [6, 6.07) is 15.5. The summed E-state index contributed by atoms with van der Waals surface area (Å²) in [5.74, 6) is 1.46. The molecular formula is C19H23NO3. The molecule has 0 fully saturated rings. The van der Waals surface area contributed by atoms with Gasteiger partial charge in [0, 0.05) is 6.54 Å². The summed E-state index contributed by atoms with van der Waals surface area (Å²) in [5.41, 5.74) is 2.17. The Labute approximate surface area is 137 Å². The average molecular weight is 313 g/mol. The maximum atomic E-state index is 12.1. The third-order valence-corrected chi connectivity index (χ3v) is 3.64. The van der Waals surface area contributed by atoms with E-state index < -0.39 is 6.10 Å². The van der Waals surface area contributed by atoms with Crippen LogP contribution in [0.1, 0.15) is 18.1 Å². The zero-order valence-electron chi connectivity index (χ0n) is 13.8. The molecule has 1 amide bonds. The Balaban J connectivity index is 1.78. The fourth-order valence-electron chi connectivity index (χ4n) is 2.20. The van der Waals surface area contributed by atoms with Crippen molar-refractivity contribution in [3.63, 3.8) is 0 Å². The number of hydrogen-bond donors (Lipinski definition) is 1. The van der Waals surface area contributed by atoms with Gasteiger partial charge in [-0.15, -0.1) is 0 Å². The van der Waals surface area contributed by atoms with Crippen LogP contribution in [-0.4, -0.2) is 25.7 Å². The maximum absolute atomic E-state index is 12.1. The Hall–Kier alpha value is -2.49. The van der Waals surface area contributed by atoms with Crippen LogP contribution < -0.4 is 14.8 Å². The minimum Gasteiger partial charge on any atom is -0.497 e. The third kappa shape index (κ3) is 5.02. The van der Waals surface area contributed by atoms with Crippen molar-refractivity contribution in [3.05, 3.63) is 59.7 Å². The minimum absolute atomic E-state index is 0.109. The Morgan fingerprint density at radius 1 is 1.13 bits per heavy atom. The smallest absolute Gasteiger partial charge is 0.260 e. The number of methoxy groups -OCH3 is 1. The average Bonchev–Trinajstić information content (AvgIpc) is 2.57. The number of carbonyl (C=O) groups excluding carboxylic acids is 1. The number of aryl methyl sites for hydroxylation is 1. The van der Waals surface area contributed by atoms with Gasteiger partial charge in [-0.1, -0.05) is 30.3 Å². The molecule has 2 rings (SSSR count). The summed E-state index contributed by atoms with van der Waals surface area (Å²) >= 11 is 0. The van der Waals surface area contributed by atoms with Crippen molar-refractivity contribution in [2.45, 2.75) is 26.4 Å². The molecule has 0 aliphatic rings. The number of ether oxygens (including phenoxy) is 2. The normalized spacial score (nSPS) is 11.6. The number of para-hydroxylation sites is 1. The first kappa shape index (κ1) is 16.9. The molecule has 0 spiro atoms. The molecule has 0 aliphatic heterocycles. The summed E-state index contributed by atoms with van der Waals surface area (Å²) in [4.78, 5) is 12.1. The molecule has 0 heterocycles.